The summed E-state index contributed by atoms with van der Waals surface area (Å²) in [7, 11) is -4.13. The van der Waals surface area contributed by atoms with Crippen LogP contribution >= 0.6 is 0 Å². The molecule has 2 aromatic carbocycles. The third-order valence-corrected chi connectivity index (χ3v) is 5.11. The SMILES string of the molecule is CC(NC(=O)CCNS(=O)(=O)c1ccc(F)c(F)c1)c1ccc(F)cc1F. The van der Waals surface area contributed by atoms with Crippen LogP contribution in [0.15, 0.2) is 41.3 Å². The molecule has 1 unspecified atom stereocenters. The van der Waals surface area contributed by atoms with Crippen molar-refractivity contribution in [2.24, 2.45) is 0 Å². The zero-order valence-electron chi connectivity index (χ0n) is 14.1. The van der Waals surface area contributed by atoms with Gasteiger partial charge in [-0.2, -0.15) is 0 Å². The molecule has 5 nitrogen and oxygen atoms in total. The van der Waals surface area contributed by atoms with Crippen LogP contribution in [-0.2, 0) is 14.8 Å². The Kier molecular flexibility index (Phi) is 6.55. The van der Waals surface area contributed by atoms with Crippen molar-refractivity contribution < 1.29 is 30.8 Å². The number of halogens is 4. The molecule has 0 bridgehead atoms. The molecule has 0 aliphatic heterocycles. The number of carbonyl (C=O) groups is 1. The van der Waals surface area contributed by atoms with Gasteiger partial charge < -0.3 is 5.32 Å². The molecule has 1 amide bonds. The van der Waals surface area contributed by atoms with Crippen LogP contribution in [-0.4, -0.2) is 20.9 Å². The van der Waals surface area contributed by atoms with E-state index < -0.39 is 50.1 Å². The molecular weight excluding hydrogens is 388 g/mol. The van der Waals surface area contributed by atoms with Crippen molar-refractivity contribution >= 4 is 15.9 Å². The molecule has 27 heavy (non-hydrogen) atoms. The Balaban J connectivity index is 1.90. The summed E-state index contributed by atoms with van der Waals surface area (Å²) in [5.74, 6) is -4.65. The fraction of sp³-hybridized carbons (Fsp3) is 0.235. The van der Waals surface area contributed by atoms with Gasteiger partial charge in [0.15, 0.2) is 11.6 Å². The van der Waals surface area contributed by atoms with E-state index in [0.29, 0.717) is 18.2 Å². The first-order chi connectivity index (χ1) is 12.6. The van der Waals surface area contributed by atoms with Crippen LogP contribution in [0, 0.1) is 23.3 Å². The number of sulfonamides is 1. The molecular formula is C17H16F4N2O3S. The minimum atomic E-state index is -4.13. The van der Waals surface area contributed by atoms with E-state index in [2.05, 4.69) is 10.0 Å². The standard InChI is InChI=1S/C17H16F4N2O3S/c1-10(13-4-2-11(18)8-15(13)20)23-17(24)6-7-22-27(25,26)12-3-5-14(19)16(21)9-12/h2-5,8-10,22H,6-7H2,1H3,(H,23,24). The van der Waals surface area contributed by atoms with E-state index in [9.17, 15) is 30.8 Å². The molecule has 10 heteroatoms. The Morgan fingerprint density at radius 2 is 1.70 bits per heavy atom. The van der Waals surface area contributed by atoms with Gasteiger partial charge in [0.1, 0.15) is 11.6 Å². The normalized spacial score (nSPS) is 12.6. The molecule has 2 N–H and O–H groups in total. The molecule has 0 aromatic heterocycles. The summed E-state index contributed by atoms with van der Waals surface area (Å²) >= 11 is 0. The Hall–Kier alpha value is -2.46. The van der Waals surface area contributed by atoms with Crippen molar-refractivity contribution in [1.29, 1.82) is 0 Å². The number of rotatable bonds is 7. The second-order valence-electron chi connectivity index (χ2n) is 5.68. The number of hydrogen-bond donors (Lipinski definition) is 2. The molecule has 1 atom stereocenters. The number of carbonyl (C=O) groups excluding carboxylic acids is 1. The summed E-state index contributed by atoms with van der Waals surface area (Å²) in [6, 6.07) is 4.26. The minimum absolute atomic E-state index is 0.0760. The first-order valence-electron chi connectivity index (χ1n) is 7.79. The number of nitrogens with one attached hydrogen (secondary N) is 2. The van der Waals surface area contributed by atoms with Crippen LogP contribution in [0.4, 0.5) is 17.6 Å². The maximum atomic E-state index is 13.7. The van der Waals surface area contributed by atoms with Crippen molar-refractivity contribution in [3.8, 4) is 0 Å². The molecule has 0 saturated carbocycles. The quantitative estimate of drug-likeness (QED) is 0.697. The maximum absolute atomic E-state index is 13.7. The topological polar surface area (TPSA) is 75.3 Å². The summed E-state index contributed by atoms with van der Waals surface area (Å²) in [5, 5.41) is 2.45. The molecule has 146 valence electrons. The van der Waals surface area contributed by atoms with Gasteiger partial charge in [0.05, 0.1) is 10.9 Å². The largest absolute Gasteiger partial charge is 0.349 e. The summed E-state index contributed by atoms with van der Waals surface area (Å²) in [6.45, 7) is 1.17. The molecule has 2 aromatic rings. The molecule has 0 aliphatic rings. The van der Waals surface area contributed by atoms with Gasteiger partial charge in [-0.25, -0.2) is 30.7 Å². The highest BCUT2D eigenvalue weighted by Gasteiger charge is 2.18. The fourth-order valence-electron chi connectivity index (χ4n) is 2.27. The average molecular weight is 404 g/mol. The van der Waals surface area contributed by atoms with Gasteiger partial charge in [-0.1, -0.05) is 6.07 Å². The highest BCUT2D eigenvalue weighted by atomic mass is 32.2. The first kappa shape index (κ1) is 20.8. The van der Waals surface area contributed by atoms with Crippen molar-refractivity contribution in [1.82, 2.24) is 10.0 Å². The number of amides is 1. The zero-order valence-corrected chi connectivity index (χ0v) is 14.9. The van der Waals surface area contributed by atoms with E-state index in [1.165, 1.54) is 13.0 Å². The smallest absolute Gasteiger partial charge is 0.240 e. The Morgan fingerprint density at radius 1 is 1.00 bits per heavy atom. The lowest BCUT2D eigenvalue weighted by Gasteiger charge is -2.15. The summed E-state index contributed by atoms with van der Waals surface area (Å²) in [5.41, 5.74) is 0.0760. The van der Waals surface area contributed by atoms with E-state index in [-0.39, 0.29) is 18.5 Å². The van der Waals surface area contributed by atoms with Gasteiger partial charge in [-0.3, -0.25) is 4.79 Å². The second kappa shape index (κ2) is 8.49. The second-order valence-corrected chi connectivity index (χ2v) is 7.45. The molecule has 0 spiro atoms. The summed E-state index contributed by atoms with van der Waals surface area (Å²) in [6.07, 6.45) is -0.282. The Labute approximate surface area is 153 Å². The van der Waals surface area contributed by atoms with Gasteiger partial charge in [0, 0.05) is 24.6 Å². The monoisotopic (exact) mass is 404 g/mol. The first-order valence-corrected chi connectivity index (χ1v) is 9.27. The number of hydrogen-bond acceptors (Lipinski definition) is 3. The number of benzene rings is 2. The van der Waals surface area contributed by atoms with Crippen molar-refractivity contribution in [2.75, 3.05) is 6.54 Å². The van der Waals surface area contributed by atoms with Gasteiger partial charge in [0.2, 0.25) is 15.9 Å². The van der Waals surface area contributed by atoms with Crippen LogP contribution in [0.1, 0.15) is 24.9 Å². The van der Waals surface area contributed by atoms with Crippen LogP contribution in [0.2, 0.25) is 0 Å². The van der Waals surface area contributed by atoms with Gasteiger partial charge in [0.25, 0.3) is 0 Å². The minimum Gasteiger partial charge on any atom is -0.349 e. The fourth-order valence-corrected chi connectivity index (χ4v) is 3.31. The molecule has 2 rings (SSSR count). The van der Waals surface area contributed by atoms with Crippen LogP contribution in [0.25, 0.3) is 0 Å². The molecule has 0 saturated heterocycles. The lowest BCUT2D eigenvalue weighted by Crippen LogP contribution is -2.32. The van der Waals surface area contributed by atoms with E-state index in [1.807, 2.05) is 0 Å². The summed E-state index contributed by atoms with van der Waals surface area (Å²) in [4.78, 5) is 11.4. The Morgan fingerprint density at radius 3 is 2.33 bits per heavy atom. The van der Waals surface area contributed by atoms with Crippen LogP contribution in [0.3, 0.4) is 0 Å². The van der Waals surface area contributed by atoms with E-state index in [0.717, 1.165) is 12.1 Å². The summed E-state index contributed by atoms with van der Waals surface area (Å²) < 4.78 is 78.6. The highest BCUT2D eigenvalue weighted by Crippen LogP contribution is 2.18. The van der Waals surface area contributed by atoms with Crippen LogP contribution < -0.4 is 10.0 Å². The van der Waals surface area contributed by atoms with E-state index in [1.54, 1.807) is 0 Å². The zero-order chi connectivity index (χ0) is 20.2. The maximum Gasteiger partial charge on any atom is 0.240 e. The molecule has 0 radical (unpaired) electrons. The van der Waals surface area contributed by atoms with Crippen molar-refractivity contribution in [3.05, 3.63) is 65.2 Å². The average Bonchev–Trinajstić information content (AvgIpc) is 2.56. The van der Waals surface area contributed by atoms with E-state index in [4.69, 9.17) is 0 Å². The van der Waals surface area contributed by atoms with Crippen molar-refractivity contribution in [2.45, 2.75) is 24.3 Å². The van der Waals surface area contributed by atoms with Gasteiger partial charge in [-0.05, 0) is 31.2 Å². The Bertz CT molecular complexity index is 951. The molecule has 0 aliphatic carbocycles. The van der Waals surface area contributed by atoms with E-state index >= 15 is 0 Å². The van der Waals surface area contributed by atoms with Crippen molar-refractivity contribution in [3.63, 3.8) is 0 Å². The van der Waals surface area contributed by atoms with Gasteiger partial charge >= 0.3 is 0 Å². The third kappa shape index (κ3) is 5.51. The third-order valence-electron chi connectivity index (χ3n) is 3.65. The van der Waals surface area contributed by atoms with Gasteiger partial charge in [-0.15, -0.1) is 0 Å². The van der Waals surface area contributed by atoms with Crippen LogP contribution in [0.5, 0.6) is 0 Å². The predicted octanol–water partition coefficient (Wildman–Crippen LogP) is 2.79. The molecule has 0 fully saturated rings. The lowest BCUT2D eigenvalue weighted by molar-refractivity contribution is -0.121. The predicted molar refractivity (Wildman–Crippen MR) is 89.1 cm³/mol. The lowest BCUT2D eigenvalue weighted by atomic mass is 10.1. The highest BCUT2D eigenvalue weighted by molar-refractivity contribution is 7.89. The molecule has 0 heterocycles.